The zero-order valence-corrected chi connectivity index (χ0v) is 22.7. The van der Waals surface area contributed by atoms with Gasteiger partial charge in [0.05, 0.1) is 53.0 Å². The lowest BCUT2D eigenvalue weighted by molar-refractivity contribution is 0.0750. The fraction of sp³-hybridized carbons (Fsp3) is 0.179. The number of pyridine rings is 1. The third-order valence-electron chi connectivity index (χ3n) is 6.35. The zero-order chi connectivity index (χ0) is 28.6. The predicted molar refractivity (Wildman–Crippen MR) is 146 cm³/mol. The average Bonchev–Trinajstić information content (AvgIpc) is 3.50. The molecule has 0 aliphatic carbocycles. The highest BCUT2D eigenvalue weighted by Crippen LogP contribution is 2.36. The smallest absolute Gasteiger partial charge is 0.265 e. The van der Waals surface area contributed by atoms with Crippen LogP contribution in [0, 0.1) is 18.3 Å². The van der Waals surface area contributed by atoms with Gasteiger partial charge in [-0.3, -0.25) is 19.9 Å². The van der Waals surface area contributed by atoms with Crippen molar-refractivity contribution >= 4 is 39.9 Å². The number of nitriles is 1. The van der Waals surface area contributed by atoms with Gasteiger partial charge in [-0.05, 0) is 43.3 Å². The van der Waals surface area contributed by atoms with Crippen molar-refractivity contribution in [3.63, 3.8) is 0 Å². The lowest BCUT2D eigenvalue weighted by atomic mass is 9.97. The van der Waals surface area contributed by atoms with Gasteiger partial charge in [-0.1, -0.05) is 29.0 Å². The number of nitrogens with zero attached hydrogens (tertiary/aromatic N) is 4. The summed E-state index contributed by atoms with van der Waals surface area (Å²) in [5, 5.41) is 12.4. The number of halogens is 3. The van der Waals surface area contributed by atoms with Crippen molar-refractivity contribution in [2.24, 2.45) is 0 Å². The first kappa shape index (κ1) is 27.2. The Hall–Kier alpha value is -4.40. The van der Waals surface area contributed by atoms with Gasteiger partial charge in [0.2, 0.25) is 0 Å². The average molecular weight is 580 g/mol. The number of aromatic nitrogens is 2. The number of hydrogen-bond acceptors (Lipinski definition) is 7. The van der Waals surface area contributed by atoms with Crippen molar-refractivity contribution in [1.29, 1.82) is 5.26 Å². The molecule has 0 atom stereocenters. The van der Waals surface area contributed by atoms with Crippen molar-refractivity contribution in [1.82, 2.24) is 14.9 Å². The number of carbonyl (C=O) groups excluding carboxylic acids is 2. The molecule has 1 N–H and O–H groups in total. The minimum atomic E-state index is -2.73. The number of aryl methyl sites for hydroxylation is 1. The molecule has 202 valence electrons. The summed E-state index contributed by atoms with van der Waals surface area (Å²) in [5.41, 5.74) is 3.01. The fourth-order valence-electron chi connectivity index (χ4n) is 4.37. The predicted octanol–water partition coefficient (Wildman–Crippen LogP) is 6.39. The van der Waals surface area contributed by atoms with Crippen LogP contribution in [0.5, 0.6) is 5.75 Å². The maximum absolute atomic E-state index is 13.3. The summed E-state index contributed by atoms with van der Waals surface area (Å²) in [6.07, 6.45) is -1.27. The van der Waals surface area contributed by atoms with Crippen LogP contribution in [0.1, 0.15) is 54.5 Å². The van der Waals surface area contributed by atoms with Crippen LogP contribution < -0.4 is 10.1 Å². The van der Waals surface area contributed by atoms with Gasteiger partial charge in [0.25, 0.3) is 18.2 Å². The Labute approximate surface area is 236 Å². The summed E-state index contributed by atoms with van der Waals surface area (Å²) < 4.78 is 31.5. The maximum atomic E-state index is 13.3. The Morgan fingerprint density at radius 1 is 1.18 bits per heavy atom. The lowest BCUT2D eigenvalue weighted by Gasteiger charge is -2.16. The molecule has 2 aromatic heterocycles. The van der Waals surface area contributed by atoms with Gasteiger partial charge < -0.3 is 9.64 Å². The normalized spacial score (nSPS) is 12.3. The molecule has 0 fully saturated rings. The van der Waals surface area contributed by atoms with E-state index in [-0.39, 0.29) is 40.7 Å². The number of hydrogen-bond donors (Lipinski definition) is 1. The van der Waals surface area contributed by atoms with Crippen molar-refractivity contribution in [3.05, 3.63) is 92.2 Å². The summed E-state index contributed by atoms with van der Waals surface area (Å²) in [5.74, 6) is -0.301. The van der Waals surface area contributed by atoms with Gasteiger partial charge >= 0.3 is 0 Å². The minimum Gasteiger partial charge on any atom is -0.496 e. The Morgan fingerprint density at radius 2 is 1.98 bits per heavy atom. The number of rotatable bonds is 6. The largest absolute Gasteiger partial charge is 0.496 e. The van der Waals surface area contributed by atoms with E-state index < -0.39 is 12.3 Å². The molecule has 1 aliphatic heterocycles. The topological polar surface area (TPSA) is 108 Å². The van der Waals surface area contributed by atoms with Gasteiger partial charge in [0.1, 0.15) is 5.75 Å². The van der Waals surface area contributed by atoms with Crippen LogP contribution in [0.15, 0.2) is 48.7 Å². The van der Waals surface area contributed by atoms with E-state index in [1.807, 2.05) is 0 Å². The fourth-order valence-corrected chi connectivity index (χ4v) is 5.62. The SMILES string of the molecule is COc1ccc(C#N)cc1-c1cc(C)ncc1C(=O)Nc1nc2c(s1)CN(C(=O)c1ccc(C(F)F)c(Cl)c1)C2. The van der Waals surface area contributed by atoms with E-state index in [1.54, 1.807) is 31.2 Å². The third kappa shape index (κ3) is 5.23. The van der Waals surface area contributed by atoms with Gasteiger partial charge in [-0.15, -0.1) is 0 Å². The minimum absolute atomic E-state index is 0.167. The van der Waals surface area contributed by atoms with Crippen LogP contribution in [-0.2, 0) is 13.1 Å². The molecule has 1 aliphatic rings. The highest BCUT2D eigenvalue weighted by atomic mass is 35.5. The van der Waals surface area contributed by atoms with E-state index in [0.717, 1.165) is 10.9 Å². The molecular weight excluding hydrogens is 560 g/mol. The second-order valence-electron chi connectivity index (χ2n) is 8.94. The number of fused-ring (bicyclic) bond motifs is 1. The summed E-state index contributed by atoms with van der Waals surface area (Å²) in [7, 11) is 1.51. The monoisotopic (exact) mass is 579 g/mol. The van der Waals surface area contributed by atoms with E-state index in [2.05, 4.69) is 21.4 Å². The second-order valence-corrected chi connectivity index (χ2v) is 10.4. The highest BCUT2D eigenvalue weighted by molar-refractivity contribution is 7.16. The van der Waals surface area contributed by atoms with Crippen LogP contribution in [-0.4, -0.2) is 33.8 Å². The van der Waals surface area contributed by atoms with Gasteiger partial charge in [-0.2, -0.15) is 5.26 Å². The van der Waals surface area contributed by atoms with Crippen LogP contribution in [0.3, 0.4) is 0 Å². The number of methoxy groups -OCH3 is 1. The van der Waals surface area contributed by atoms with E-state index >= 15 is 0 Å². The quantitative estimate of drug-likeness (QED) is 0.283. The van der Waals surface area contributed by atoms with Gasteiger partial charge in [0, 0.05) is 34.1 Å². The molecule has 2 amide bonds. The van der Waals surface area contributed by atoms with E-state index in [4.69, 9.17) is 16.3 Å². The van der Waals surface area contributed by atoms with Crippen LogP contribution in [0.4, 0.5) is 13.9 Å². The summed E-state index contributed by atoms with van der Waals surface area (Å²) >= 11 is 7.17. The number of carbonyl (C=O) groups is 2. The zero-order valence-electron chi connectivity index (χ0n) is 21.2. The molecular formula is C28H20ClF2N5O3S. The molecule has 0 radical (unpaired) electrons. The van der Waals surface area contributed by atoms with E-state index in [9.17, 15) is 23.6 Å². The molecule has 0 unspecified atom stereocenters. The van der Waals surface area contributed by atoms with E-state index in [1.165, 1.54) is 41.7 Å². The van der Waals surface area contributed by atoms with Crippen molar-refractivity contribution in [3.8, 4) is 22.9 Å². The third-order valence-corrected chi connectivity index (χ3v) is 7.67. The number of nitrogens with one attached hydrogen (secondary N) is 1. The van der Waals surface area contributed by atoms with Crippen LogP contribution >= 0.6 is 22.9 Å². The van der Waals surface area contributed by atoms with Crippen LogP contribution in [0.25, 0.3) is 11.1 Å². The number of alkyl halides is 2. The number of thiazole rings is 1. The Bertz CT molecular complexity index is 1680. The first-order valence-electron chi connectivity index (χ1n) is 11.9. The van der Waals surface area contributed by atoms with Gasteiger partial charge in [0.15, 0.2) is 5.13 Å². The summed E-state index contributed by atoms with van der Waals surface area (Å²) in [6.45, 7) is 2.25. The molecule has 4 aromatic rings. The van der Waals surface area contributed by atoms with Crippen molar-refractivity contribution in [2.75, 3.05) is 12.4 Å². The number of anilines is 1. The van der Waals surface area contributed by atoms with E-state index in [0.29, 0.717) is 39.0 Å². The molecule has 0 saturated carbocycles. The Balaban J connectivity index is 1.34. The molecule has 8 nitrogen and oxygen atoms in total. The first-order chi connectivity index (χ1) is 19.2. The maximum Gasteiger partial charge on any atom is 0.265 e. The van der Waals surface area contributed by atoms with Crippen molar-refractivity contribution in [2.45, 2.75) is 26.4 Å². The Kier molecular flexibility index (Phi) is 7.47. The molecule has 5 rings (SSSR count). The molecule has 0 spiro atoms. The van der Waals surface area contributed by atoms with Crippen molar-refractivity contribution < 1.29 is 23.1 Å². The molecule has 3 heterocycles. The highest BCUT2D eigenvalue weighted by Gasteiger charge is 2.29. The summed E-state index contributed by atoms with van der Waals surface area (Å²) in [4.78, 5) is 37.4. The Morgan fingerprint density at radius 3 is 2.65 bits per heavy atom. The van der Waals surface area contributed by atoms with Crippen LogP contribution in [0.2, 0.25) is 5.02 Å². The lowest BCUT2D eigenvalue weighted by Crippen LogP contribution is -2.25. The standard InChI is InChI=1S/C28H20ClF2N5O3S/c1-14-7-18(19-8-15(10-32)3-6-23(19)39-2)20(11-33-14)26(37)35-28-34-22-12-36(13-24(22)40-28)27(38)16-4-5-17(25(30)31)21(29)9-16/h3-9,11,25H,12-13H2,1-2H3,(H,34,35,37). The molecule has 0 saturated heterocycles. The number of benzene rings is 2. The number of amides is 2. The molecule has 0 bridgehead atoms. The summed E-state index contributed by atoms with van der Waals surface area (Å²) in [6, 6.07) is 12.5. The molecule has 2 aromatic carbocycles. The van der Waals surface area contributed by atoms with Gasteiger partial charge in [-0.25, -0.2) is 13.8 Å². The molecule has 40 heavy (non-hydrogen) atoms. The second kappa shape index (κ2) is 11.0. The first-order valence-corrected chi connectivity index (χ1v) is 13.1. The molecule has 12 heteroatoms. The number of ether oxygens (including phenoxy) is 1.